The number of anilines is 1. The molecular formula is C26H23Cl2NO4. The van der Waals surface area contributed by atoms with Crippen LogP contribution in [0.2, 0.25) is 10.0 Å². The van der Waals surface area contributed by atoms with Crippen LogP contribution in [0, 0.1) is 13.8 Å². The van der Waals surface area contributed by atoms with Crippen LogP contribution in [-0.2, 0) is 20.9 Å². The molecule has 0 radical (unpaired) electrons. The summed E-state index contributed by atoms with van der Waals surface area (Å²) in [6, 6.07) is 18.2. The maximum absolute atomic E-state index is 12.1. The lowest BCUT2D eigenvalue weighted by Crippen LogP contribution is -2.20. The number of benzene rings is 3. The summed E-state index contributed by atoms with van der Waals surface area (Å²) >= 11 is 12.3. The Balaban J connectivity index is 1.46. The Bertz CT molecular complexity index is 1150. The topological polar surface area (TPSA) is 64.6 Å². The van der Waals surface area contributed by atoms with Crippen LogP contribution < -0.4 is 10.1 Å². The smallest absolute Gasteiger partial charge is 0.331 e. The molecule has 0 saturated carbocycles. The molecule has 0 unspecified atom stereocenters. The van der Waals surface area contributed by atoms with Crippen molar-refractivity contribution in [1.82, 2.24) is 0 Å². The normalized spacial score (nSPS) is 10.8. The van der Waals surface area contributed by atoms with Crippen molar-refractivity contribution in [2.75, 3.05) is 11.9 Å². The first kappa shape index (κ1) is 24.4. The molecule has 0 saturated heterocycles. The van der Waals surface area contributed by atoms with E-state index < -0.39 is 11.9 Å². The molecule has 5 nitrogen and oxygen atoms in total. The van der Waals surface area contributed by atoms with E-state index in [1.807, 2.05) is 32.0 Å². The predicted molar refractivity (Wildman–Crippen MR) is 132 cm³/mol. The Morgan fingerprint density at radius 2 is 1.67 bits per heavy atom. The molecule has 0 bridgehead atoms. The van der Waals surface area contributed by atoms with Gasteiger partial charge in [-0.05, 0) is 66.9 Å². The highest BCUT2D eigenvalue weighted by molar-refractivity contribution is 6.35. The van der Waals surface area contributed by atoms with E-state index in [4.69, 9.17) is 32.7 Å². The summed E-state index contributed by atoms with van der Waals surface area (Å²) in [5.74, 6) is -0.376. The fraction of sp³-hybridized carbons (Fsp3) is 0.154. The van der Waals surface area contributed by atoms with Gasteiger partial charge in [-0.3, -0.25) is 4.79 Å². The van der Waals surface area contributed by atoms with Crippen molar-refractivity contribution < 1.29 is 19.1 Å². The minimum atomic E-state index is -0.611. The van der Waals surface area contributed by atoms with Crippen molar-refractivity contribution in [1.29, 1.82) is 0 Å². The van der Waals surface area contributed by atoms with E-state index >= 15 is 0 Å². The van der Waals surface area contributed by atoms with E-state index in [9.17, 15) is 9.59 Å². The monoisotopic (exact) mass is 483 g/mol. The second kappa shape index (κ2) is 11.5. The van der Waals surface area contributed by atoms with Crippen LogP contribution in [0.4, 0.5) is 5.69 Å². The van der Waals surface area contributed by atoms with Crippen molar-refractivity contribution in [3.8, 4) is 5.75 Å². The zero-order chi connectivity index (χ0) is 23.8. The third-order valence-corrected chi connectivity index (χ3v) is 5.46. The van der Waals surface area contributed by atoms with E-state index in [1.165, 1.54) is 6.08 Å². The van der Waals surface area contributed by atoms with E-state index in [-0.39, 0.29) is 13.2 Å². The van der Waals surface area contributed by atoms with Gasteiger partial charge in [0.15, 0.2) is 6.61 Å². The van der Waals surface area contributed by atoms with Gasteiger partial charge in [0.2, 0.25) is 0 Å². The van der Waals surface area contributed by atoms with Gasteiger partial charge in [0.1, 0.15) is 12.4 Å². The summed E-state index contributed by atoms with van der Waals surface area (Å²) in [5, 5.41) is 3.84. The van der Waals surface area contributed by atoms with Gasteiger partial charge in [0.25, 0.3) is 5.91 Å². The van der Waals surface area contributed by atoms with Gasteiger partial charge >= 0.3 is 5.97 Å². The number of aryl methyl sites for hydroxylation is 2. The largest absolute Gasteiger partial charge is 0.489 e. The number of hydrogen-bond acceptors (Lipinski definition) is 4. The number of rotatable bonds is 8. The minimum Gasteiger partial charge on any atom is -0.489 e. The molecule has 3 rings (SSSR count). The second-order valence-electron chi connectivity index (χ2n) is 7.37. The van der Waals surface area contributed by atoms with Gasteiger partial charge in [-0.15, -0.1) is 0 Å². The molecule has 0 aromatic heterocycles. The molecule has 33 heavy (non-hydrogen) atoms. The molecule has 3 aromatic carbocycles. The molecule has 1 N–H and O–H groups in total. The first-order valence-corrected chi connectivity index (χ1v) is 10.9. The van der Waals surface area contributed by atoms with Gasteiger partial charge in [-0.1, -0.05) is 53.5 Å². The third-order valence-electron chi connectivity index (χ3n) is 4.75. The Kier molecular flexibility index (Phi) is 8.52. The maximum atomic E-state index is 12.1. The first-order chi connectivity index (χ1) is 15.8. The number of halogens is 2. The zero-order valence-corrected chi connectivity index (χ0v) is 19.7. The molecule has 7 heteroatoms. The number of amides is 1. The van der Waals surface area contributed by atoms with Gasteiger partial charge in [0, 0.05) is 27.4 Å². The van der Waals surface area contributed by atoms with Crippen LogP contribution in [0.15, 0.2) is 66.7 Å². The van der Waals surface area contributed by atoms with E-state index in [1.54, 1.807) is 48.5 Å². The number of carbonyl (C=O) groups excluding carboxylic acids is 2. The van der Waals surface area contributed by atoms with Crippen LogP contribution in [0.1, 0.15) is 22.3 Å². The first-order valence-electron chi connectivity index (χ1n) is 10.2. The fourth-order valence-corrected chi connectivity index (χ4v) is 3.41. The summed E-state index contributed by atoms with van der Waals surface area (Å²) in [4.78, 5) is 24.0. The average Bonchev–Trinajstić information content (AvgIpc) is 2.79. The lowest BCUT2D eigenvalue weighted by molar-refractivity contribution is -0.142. The van der Waals surface area contributed by atoms with Crippen molar-refractivity contribution >= 4 is 46.8 Å². The highest BCUT2D eigenvalue weighted by Crippen LogP contribution is 2.26. The highest BCUT2D eigenvalue weighted by Gasteiger charge is 2.08. The highest BCUT2D eigenvalue weighted by atomic mass is 35.5. The number of esters is 1. The molecule has 0 aliphatic rings. The summed E-state index contributed by atoms with van der Waals surface area (Å²) in [6.45, 7) is 3.71. The van der Waals surface area contributed by atoms with Crippen LogP contribution in [0.5, 0.6) is 5.75 Å². The Hall–Kier alpha value is -3.28. The van der Waals surface area contributed by atoms with Crippen molar-refractivity contribution in [2.45, 2.75) is 20.5 Å². The van der Waals surface area contributed by atoms with E-state index in [2.05, 4.69) is 5.32 Å². The van der Waals surface area contributed by atoms with E-state index in [0.717, 1.165) is 16.7 Å². The molecule has 170 valence electrons. The molecule has 0 aliphatic carbocycles. The van der Waals surface area contributed by atoms with Crippen LogP contribution in [0.25, 0.3) is 6.08 Å². The van der Waals surface area contributed by atoms with Crippen molar-refractivity contribution in [3.05, 3.63) is 99.0 Å². The second-order valence-corrected chi connectivity index (χ2v) is 8.18. The predicted octanol–water partition coefficient (Wildman–Crippen LogP) is 6.38. The molecule has 3 aromatic rings. The summed E-state index contributed by atoms with van der Waals surface area (Å²) in [6.07, 6.45) is 2.87. The quantitative estimate of drug-likeness (QED) is 0.298. The number of hydrogen-bond donors (Lipinski definition) is 1. The lowest BCUT2D eigenvalue weighted by Gasteiger charge is -2.09. The lowest BCUT2D eigenvalue weighted by atomic mass is 10.1. The molecule has 0 spiro atoms. The summed E-state index contributed by atoms with van der Waals surface area (Å²) in [5.41, 5.74) is 4.15. The Labute approximate surface area is 202 Å². The number of nitrogens with one attached hydrogen (secondary N) is 1. The average molecular weight is 484 g/mol. The Morgan fingerprint density at radius 1 is 0.970 bits per heavy atom. The van der Waals surface area contributed by atoms with Gasteiger partial charge in [-0.25, -0.2) is 4.79 Å². The van der Waals surface area contributed by atoms with Gasteiger partial charge in [0.05, 0.1) is 0 Å². The fourth-order valence-electron chi connectivity index (χ4n) is 2.91. The standard InChI is InChI=1S/C26H23Cl2NO4/c1-17-6-7-18(2)24(14-17)29-25(30)16-33-26(31)13-10-19-8-11-20(12-9-19)32-15-21-22(27)4-3-5-23(21)28/h3-14H,15-16H2,1-2H3,(H,29,30)/b13-10+. The molecule has 0 heterocycles. The molecule has 1 amide bonds. The van der Waals surface area contributed by atoms with Crippen LogP contribution in [0.3, 0.4) is 0 Å². The number of ether oxygens (including phenoxy) is 2. The third kappa shape index (κ3) is 7.38. The summed E-state index contributed by atoms with van der Waals surface area (Å²) < 4.78 is 10.7. The molecular weight excluding hydrogens is 461 g/mol. The van der Waals surface area contributed by atoms with E-state index in [0.29, 0.717) is 27.0 Å². The van der Waals surface area contributed by atoms with Crippen LogP contribution in [-0.4, -0.2) is 18.5 Å². The SMILES string of the molecule is Cc1ccc(C)c(NC(=O)COC(=O)/C=C/c2ccc(OCc3c(Cl)cccc3Cl)cc2)c1. The molecule has 0 aliphatic heterocycles. The maximum Gasteiger partial charge on any atom is 0.331 e. The molecule has 0 atom stereocenters. The van der Waals surface area contributed by atoms with Gasteiger partial charge < -0.3 is 14.8 Å². The zero-order valence-electron chi connectivity index (χ0n) is 18.2. The Morgan fingerprint density at radius 3 is 2.36 bits per heavy atom. The molecule has 0 fully saturated rings. The van der Waals surface area contributed by atoms with Gasteiger partial charge in [-0.2, -0.15) is 0 Å². The van der Waals surface area contributed by atoms with Crippen molar-refractivity contribution in [2.24, 2.45) is 0 Å². The van der Waals surface area contributed by atoms with Crippen molar-refractivity contribution in [3.63, 3.8) is 0 Å². The minimum absolute atomic E-state index is 0.240. The number of carbonyl (C=O) groups is 2. The van der Waals surface area contributed by atoms with Crippen LogP contribution >= 0.6 is 23.2 Å². The summed E-state index contributed by atoms with van der Waals surface area (Å²) in [7, 11) is 0.